The Bertz CT molecular complexity index is 1010. The number of nitrogens with zero attached hydrogens (tertiary/aromatic N) is 2. The van der Waals surface area contributed by atoms with E-state index in [4.69, 9.17) is 5.26 Å². The zero-order chi connectivity index (χ0) is 19.2. The van der Waals surface area contributed by atoms with Crippen molar-refractivity contribution in [3.8, 4) is 11.8 Å². The summed E-state index contributed by atoms with van der Waals surface area (Å²) in [5.41, 5.74) is 6.27. The van der Waals surface area contributed by atoms with Gasteiger partial charge in [-0.3, -0.25) is 5.43 Å². The number of hydrogen-bond donors (Lipinski definition) is 2. The van der Waals surface area contributed by atoms with Crippen LogP contribution < -0.4 is 5.43 Å². The highest BCUT2D eigenvalue weighted by atomic mass is 19.1. The quantitative estimate of drug-likeness (QED) is 0.497. The number of anilines is 1. The molecule has 0 unspecified atom stereocenters. The van der Waals surface area contributed by atoms with Gasteiger partial charge in [-0.15, -0.1) is 0 Å². The molecule has 0 aromatic heterocycles. The van der Waals surface area contributed by atoms with Crippen LogP contribution in [0.4, 0.5) is 10.1 Å². The molecule has 0 bridgehead atoms. The number of nitrogens with one attached hydrogen (secondary N) is 1. The van der Waals surface area contributed by atoms with E-state index in [2.05, 4.69) is 10.5 Å². The SMILES string of the molecule is C[C@H](c1ccc(N/N=C/c2ccc(F)c(C#N)c2)cc1)c1ccccc1O. The number of phenols is 1. The summed E-state index contributed by atoms with van der Waals surface area (Å²) in [4.78, 5) is 0. The molecular formula is C22H18FN3O. The number of phenolic OH excluding ortho intramolecular Hbond substituents is 1. The molecule has 0 saturated carbocycles. The first kappa shape index (κ1) is 18.2. The lowest BCUT2D eigenvalue weighted by atomic mass is 9.92. The third-order valence-electron chi connectivity index (χ3n) is 4.33. The summed E-state index contributed by atoms with van der Waals surface area (Å²) in [7, 11) is 0. The molecule has 0 radical (unpaired) electrons. The molecule has 27 heavy (non-hydrogen) atoms. The Hall–Kier alpha value is -3.65. The molecule has 134 valence electrons. The molecule has 0 aliphatic rings. The predicted molar refractivity (Wildman–Crippen MR) is 104 cm³/mol. The lowest BCUT2D eigenvalue weighted by Gasteiger charge is -2.14. The number of hydrazone groups is 1. The van der Waals surface area contributed by atoms with Gasteiger partial charge in [-0.1, -0.05) is 43.3 Å². The van der Waals surface area contributed by atoms with Crippen LogP contribution in [0.25, 0.3) is 0 Å². The van der Waals surface area contributed by atoms with E-state index >= 15 is 0 Å². The van der Waals surface area contributed by atoms with Crippen molar-refractivity contribution in [2.75, 3.05) is 5.43 Å². The highest BCUT2D eigenvalue weighted by molar-refractivity contribution is 5.80. The Kier molecular flexibility index (Phi) is 5.48. The van der Waals surface area contributed by atoms with Crippen LogP contribution in [0, 0.1) is 17.1 Å². The van der Waals surface area contributed by atoms with E-state index in [1.165, 1.54) is 18.3 Å². The van der Waals surface area contributed by atoms with Gasteiger partial charge in [-0.2, -0.15) is 10.4 Å². The van der Waals surface area contributed by atoms with Gasteiger partial charge in [0.2, 0.25) is 0 Å². The lowest BCUT2D eigenvalue weighted by molar-refractivity contribution is 0.466. The molecule has 3 rings (SSSR count). The molecule has 3 aromatic rings. The third kappa shape index (κ3) is 4.31. The molecule has 2 N–H and O–H groups in total. The molecule has 0 fully saturated rings. The van der Waals surface area contributed by atoms with Crippen molar-refractivity contribution >= 4 is 11.9 Å². The van der Waals surface area contributed by atoms with Crippen molar-refractivity contribution in [3.05, 3.63) is 94.8 Å². The van der Waals surface area contributed by atoms with Gasteiger partial charge in [0.05, 0.1) is 17.5 Å². The van der Waals surface area contributed by atoms with Gasteiger partial charge in [0.25, 0.3) is 0 Å². The highest BCUT2D eigenvalue weighted by Crippen LogP contribution is 2.31. The van der Waals surface area contributed by atoms with Crippen molar-refractivity contribution < 1.29 is 9.50 Å². The summed E-state index contributed by atoms with van der Waals surface area (Å²) in [6.07, 6.45) is 1.53. The van der Waals surface area contributed by atoms with Crippen LogP contribution in [0.15, 0.2) is 71.8 Å². The zero-order valence-electron chi connectivity index (χ0n) is 14.7. The van der Waals surface area contributed by atoms with Crippen LogP contribution in [0.2, 0.25) is 0 Å². The van der Waals surface area contributed by atoms with Crippen molar-refractivity contribution in [3.63, 3.8) is 0 Å². The maximum absolute atomic E-state index is 13.3. The standard InChI is InChI=1S/C22H18FN3O/c1-15(20-4-2-3-5-22(20)27)17-7-9-19(10-8-17)26-25-14-16-6-11-21(23)18(12-16)13-24/h2-12,14-15,26-27H,1H3/b25-14+/t15-/m1/s1. The van der Waals surface area contributed by atoms with Crippen molar-refractivity contribution in [2.45, 2.75) is 12.8 Å². The summed E-state index contributed by atoms with van der Waals surface area (Å²) in [5.74, 6) is -0.197. The van der Waals surface area contributed by atoms with Crippen LogP contribution in [-0.4, -0.2) is 11.3 Å². The van der Waals surface area contributed by atoms with Crippen molar-refractivity contribution in [1.29, 1.82) is 5.26 Å². The van der Waals surface area contributed by atoms with E-state index in [9.17, 15) is 9.50 Å². The van der Waals surface area contributed by atoms with Gasteiger partial charge in [-0.25, -0.2) is 4.39 Å². The minimum absolute atomic E-state index is 0.0125. The van der Waals surface area contributed by atoms with Crippen LogP contribution in [-0.2, 0) is 0 Å². The number of halogens is 1. The summed E-state index contributed by atoms with van der Waals surface area (Å²) < 4.78 is 13.3. The summed E-state index contributed by atoms with van der Waals surface area (Å²) >= 11 is 0. The van der Waals surface area contributed by atoms with Crippen LogP contribution >= 0.6 is 0 Å². The third-order valence-corrected chi connectivity index (χ3v) is 4.33. The fraction of sp³-hybridized carbons (Fsp3) is 0.0909. The normalized spacial score (nSPS) is 11.9. The predicted octanol–water partition coefficient (Wildman–Crippen LogP) is 5.00. The van der Waals surface area contributed by atoms with E-state index in [0.29, 0.717) is 5.56 Å². The maximum atomic E-state index is 13.3. The van der Waals surface area contributed by atoms with Gasteiger partial charge in [0.15, 0.2) is 0 Å². The Balaban J connectivity index is 1.68. The summed E-state index contributed by atoms with van der Waals surface area (Å²) in [6, 6.07) is 21.1. The van der Waals surface area contributed by atoms with E-state index in [-0.39, 0.29) is 17.2 Å². The molecule has 4 nitrogen and oxygen atoms in total. The van der Waals surface area contributed by atoms with Gasteiger partial charge in [0, 0.05) is 11.5 Å². The molecule has 0 aliphatic carbocycles. The number of benzene rings is 3. The smallest absolute Gasteiger partial charge is 0.140 e. The van der Waals surface area contributed by atoms with Gasteiger partial charge in [-0.05, 0) is 41.5 Å². The van der Waals surface area contributed by atoms with Crippen molar-refractivity contribution in [2.24, 2.45) is 5.10 Å². The average Bonchev–Trinajstić information content (AvgIpc) is 2.69. The molecule has 3 aromatic carbocycles. The van der Waals surface area contributed by atoms with E-state index < -0.39 is 5.82 Å². The van der Waals surface area contributed by atoms with E-state index in [0.717, 1.165) is 16.8 Å². The first-order chi connectivity index (χ1) is 13.1. The summed E-state index contributed by atoms with van der Waals surface area (Å²) in [5, 5.41) is 23.0. The fourth-order valence-corrected chi connectivity index (χ4v) is 2.77. The fourth-order valence-electron chi connectivity index (χ4n) is 2.77. The minimum atomic E-state index is -0.545. The Morgan fingerprint density at radius 3 is 2.56 bits per heavy atom. The highest BCUT2D eigenvalue weighted by Gasteiger charge is 2.11. The minimum Gasteiger partial charge on any atom is -0.508 e. The lowest BCUT2D eigenvalue weighted by Crippen LogP contribution is -1.97. The van der Waals surface area contributed by atoms with Gasteiger partial charge < -0.3 is 5.11 Å². The average molecular weight is 359 g/mol. The molecule has 0 aliphatic heterocycles. The van der Waals surface area contributed by atoms with Crippen LogP contribution in [0.5, 0.6) is 5.75 Å². The molecule has 1 atom stereocenters. The van der Waals surface area contributed by atoms with E-state index in [1.807, 2.05) is 43.3 Å². The number of rotatable bonds is 5. The first-order valence-corrected chi connectivity index (χ1v) is 8.45. The molecule has 0 heterocycles. The molecule has 5 heteroatoms. The second kappa shape index (κ2) is 8.15. The second-order valence-corrected chi connectivity index (χ2v) is 6.12. The number of para-hydroxylation sites is 1. The zero-order valence-corrected chi connectivity index (χ0v) is 14.7. The largest absolute Gasteiger partial charge is 0.508 e. The molecule has 0 spiro atoms. The van der Waals surface area contributed by atoms with Crippen LogP contribution in [0.3, 0.4) is 0 Å². The molecular weight excluding hydrogens is 341 g/mol. The Morgan fingerprint density at radius 1 is 1.11 bits per heavy atom. The molecule has 0 saturated heterocycles. The number of hydrogen-bond acceptors (Lipinski definition) is 4. The van der Waals surface area contributed by atoms with Gasteiger partial charge >= 0.3 is 0 Å². The van der Waals surface area contributed by atoms with Gasteiger partial charge in [0.1, 0.15) is 17.6 Å². The Morgan fingerprint density at radius 2 is 1.85 bits per heavy atom. The van der Waals surface area contributed by atoms with Crippen molar-refractivity contribution in [1.82, 2.24) is 0 Å². The number of aromatic hydroxyl groups is 1. The summed E-state index contributed by atoms with van der Waals surface area (Å²) in [6.45, 7) is 2.04. The Labute approximate surface area is 157 Å². The topological polar surface area (TPSA) is 68.4 Å². The first-order valence-electron chi connectivity index (χ1n) is 8.45. The second-order valence-electron chi connectivity index (χ2n) is 6.12. The van der Waals surface area contributed by atoms with E-state index in [1.54, 1.807) is 24.3 Å². The van der Waals surface area contributed by atoms with Crippen LogP contribution in [0.1, 0.15) is 35.1 Å². The monoisotopic (exact) mass is 359 g/mol. The number of nitriles is 1. The molecule has 0 amide bonds. The maximum Gasteiger partial charge on any atom is 0.140 e.